The van der Waals surface area contributed by atoms with E-state index in [1.54, 1.807) is 22.8 Å². The van der Waals surface area contributed by atoms with Crippen molar-refractivity contribution < 1.29 is 9.67 Å². The summed E-state index contributed by atoms with van der Waals surface area (Å²) in [4.78, 5) is 0.383. The number of hydrogen-bond acceptors (Lipinski definition) is 2. The highest BCUT2D eigenvalue weighted by Gasteiger charge is 2.24. The van der Waals surface area contributed by atoms with E-state index in [0.29, 0.717) is 26.3 Å². The Bertz CT molecular complexity index is 1070. The molecule has 0 atom stereocenters. The van der Waals surface area contributed by atoms with E-state index in [9.17, 15) is 5.11 Å². The molecule has 0 unspecified atom stereocenters. The van der Waals surface area contributed by atoms with Crippen LogP contribution in [-0.2, 0) is 0 Å². The van der Waals surface area contributed by atoms with Crippen molar-refractivity contribution >= 4 is 57.6 Å². The lowest BCUT2D eigenvalue weighted by atomic mass is 10.1. The summed E-state index contributed by atoms with van der Waals surface area (Å²) in [6.45, 7) is 4.02. The SMILES string of the molecule is Cc1ccc(C)c(NC(=S)/C(=C(\O)c2ccc(Cl)c(Cl)c2)[n+]2ccccc2)c1. The molecule has 0 saturated heterocycles. The standard InChI is InChI=1S/C22H18Cl2N2OS/c1-14-6-7-15(2)19(12-14)25-22(28)20(26-10-4-3-5-11-26)21(27)16-8-9-17(23)18(24)13-16/h3-13H,1-2H3,(H-,25,27,28)/p+1. The summed E-state index contributed by atoms with van der Waals surface area (Å²) in [5, 5.41) is 15.1. The van der Waals surface area contributed by atoms with Gasteiger partial charge in [-0.15, -0.1) is 0 Å². The fraction of sp³-hybridized carbons (Fsp3) is 0.0909. The average molecular weight is 430 g/mol. The van der Waals surface area contributed by atoms with Gasteiger partial charge in [-0.3, -0.25) is 0 Å². The van der Waals surface area contributed by atoms with Gasteiger partial charge in [0.2, 0.25) is 0 Å². The van der Waals surface area contributed by atoms with E-state index in [0.717, 1.165) is 16.8 Å². The van der Waals surface area contributed by atoms with Gasteiger partial charge in [-0.25, -0.2) is 0 Å². The maximum absolute atomic E-state index is 11.1. The number of hydrogen-bond donors (Lipinski definition) is 2. The van der Waals surface area contributed by atoms with Crippen LogP contribution in [0.5, 0.6) is 0 Å². The maximum atomic E-state index is 11.1. The van der Waals surface area contributed by atoms with Crippen LogP contribution in [0.1, 0.15) is 16.7 Å². The van der Waals surface area contributed by atoms with Crippen LogP contribution in [0.3, 0.4) is 0 Å². The molecule has 6 heteroatoms. The Hall–Kier alpha value is -2.40. The summed E-state index contributed by atoms with van der Waals surface area (Å²) in [6.07, 6.45) is 3.64. The van der Waals surface area contributed by atoms with Crippen LogP contribution in [0.2, 0.25) is 10.0 Å². The minimum absolute atomic E-state index is 0.00225. The summed E-state index contributed by atoms with van der Waals surface area (Å²) >= 11 is 17.8. The second kappa shape index (κ2) is 8.74. The highest BCUT2D eigenvalue weighted by atomic mass is 35.5. The number of nitrogens with zero attached hydrogens (tertiary/aromatic N) is 1. The van der Waals surface area contributed by atoms with Gasteiger partial charge in [0.1, 0.15) is 0 Å². The minimum Gasteiger partial charge on any atom is -0.502 e. The van der Waals surface area contributed by atoms with Crippen molar-refractivity contribution in [3.05, 3.63) is 93.7 Å². The first kappa shape index (κ1) is 20.3. The first-order valence-corrected chi connectivity index (χ1v) is 9.77. The molecule has 0 aliphatic rings. The van der Waals surface area contributed by atoms with E-state index in [2.05, 4.69) is 5.32 Å². The van der Waals surface area contributed by atoms with Crippen LogP contribution in [-0.4, -0.2) is 10.1 Å². The van der Waals surface area contributed by atoms with Crippen LogP contribution >= 0.6 is 35.4 Å². The van der Waals surface area contributed by atoms with Gasteiger partial charge in [0.25, 0.3) is 5.70 Å². The third kappa shape index (κ3) is 4.53. The third-order valence-corrected chi connectivity index (χ3v) is 5.28. The Morgan fingerprint density at radius 2 is 1.68 bits per heavy atom. The number of aryl methyl sites for hydroxylation is 2. The molecule has 0 aliphatic heterocycles. The van der Waals surface area contributed by atoms with Crippen molar-refractivity contribution in [1.29, 1.82) is 0 Å². The molecule has 0 aliphatic carbocycles. The van der Waals surface area contributed by atoms with Crippen LogP contribution in [0.25, 0.3) is 11.5 Å². The molecular weight excluding hydrogens is 411 g/mol. The van der Waals surface area contributed by atoms with E-state index >= 15 is 0 Å². The van der Waals surface area contributed by atoms with Crippen molar-refractivity contribution in [3.8, 4) is 0 Å². The monoisotopic (exact) mass is 429 g/mol. The Morgan fingerprint density at radius 1 is 0.964 bits per heavy atom. The predicted octanol–water partition coefficient (Wildman–Crippen LogP) is 6.22. The highest BCUT2D eigenvalue weighted by molar-refractivity contribution is 7.81. The van der Waals surface area contributed by atoms with Gasteiger partial charge >= 0.3 is 0 Å². The van der Waals surface area contributed by atoms with E-state index in [-0.39, 0.29) is 5.76 Å². The molecule has 2 aromatic carbocycles. The zero-order valence-electron chi connectivity index (χ0n) is 15.4. The third-order valence-electron chi connectivity index (χ3n) is 4.25. The first-order valence-electron chi connectivity index (χ1n) is 8.61. The molecule has 0 amide bonds. The molecule has 0 fully saturated rings. The largest absolute Gasteiger partial charge is 0.502 e. The Morgan fingerprint density at radius 3 is 2.36 bits per heavy atom. The minimum atomic E-state index is -0.00225. The molecule has 1 heterocycles. The fourth-order valence-electron chi connectivity index (χ4n) is 2.73. The number of benzene rings is 2. The number of pyridine rings is 1. The van der Waals surface area contributed by atoms with Crippen molar-refractivity contribution in [2.45, 2.75) is 13.8 Å². The lowest BCUT2D eigenvalue weighted by Gasteiger charge is -2.13. The normalized spacial score (nSPS) is 11.7. The molecule has 142 valence electrons. The van der Waals surface area contributed by atoms with Gasteiger partial charge < -0.3 is 10.4 Å². The average Bonchev–Trinajstić information content (AvgIpc) is 2.68. The van der Waals surface area contributed by atoms with Crippen LogP contribution in [0.4, 0.5) is 5.69 Å². The Kier molecular flexibility index (Phi) is 6.35. The molecular formula is C22H19Cl2N2OS+. The molecule has 3 nitrogen and oxygen atoms in total. The van der Waals surface area contributed by atoms with Crippen LogP contribution < -0.4 is 9.88 Å². The van der Waals surface area contributed by atoms with E-state index < -0.39 is 0 Å². The van der Waals surface area contributed by atoms with Crippen molar-refractivity contribution in [1.82, 2.24) is 0 Å². The van der Waals surface area contributed by atoms with Crippen LogP contribution in [0.15, 0.2) is 67.0 Å². The number of halogens is 2. The van der Waals surface area contributed by atoms with Gasteiger partial charge in [-0.1, -0.05) is 53.6 Å². The zero-order valence-corrected chi connectivity index (χ0v) is 17.7. The van der Waals surface area contributed by atoms with E-state index in [1.807, 2.05) is 62.6 Å². The molecule has 0 radical (unpaired) electrons. The molecule has 0 spiro atoms. The second-order valence-corrected chi connectivity index (χ2v) is 7.60. The zero-order chi connectivity index (χ0) is 20.3. The molecule has 3 aromatic rings. The second-order valence-electron chi connectivity index (χ2n) is 6.38. The lowest BCUT2D eigenvalue weighted by molar-refractivity contribution is -0.575. The molecule has 3 rings (SSSR count). The topological polar surface area (TPSA) is 36.1 Å². The predicted molar refractivity (Wildman–Crippen MR) is 121 cm³/mol. The van der Waals surface area contributed by atoms with Gasteiger partial charge in [0, 0.05) is 23.4 Å². The van der Waals surface area contributed by atoms with Crippen molar-refractivity contribution in [3.63, 3.8) is 0 Å². The fourth-order valence-corrected chi connectivity index (χ4v) is 3.34. The number of aliphatic hydroxyl groups excluding tert-OH is 1. The summed E-state index contributed by atoms with van der Waals surface area (Å²) in [7, 11) is 0. The molecule has 2 N–H and O–H groups in total. The van der Waals surface area contributed by atoms with Gasteiger partial charge in [-0.2, -0.15) is 4.57 Å². The highest BCUT2D eigenvalue weighted by Crippen LogP contribution is 2.27. The van der Waals surface area contributed by atoms with Crippen molar-refractivity contribution in [2.75, 3.05) is 5.32 Å². The van der Waals surface area contributed by atoms with E-state index in [1.165, 1.54) is 0 Å². The number of rotatable bonds is 4. The quantitative estimate of drug-likeness (QED) is 0.223. The molecule has 0 bridgehead atoms. The molecule has 28 heavy (non-hydrogen) atoms. The first-order chi connectivity index (χ1) is 13.4. The van der Waals surface area contributed by atoms with Gasteiger partial charge in [-0.05, 0) is 49.2 Å². The molecule has 1 aromatic heterocycles. The maximum Gasteiger partial charge on any atom is 0.288 e. The molecule has 0 saturated carbocycles. The number of aliphatic hydroxyl groups is 1. The number of anilines is 1. The summed E-state index contributed by atoms with van der Waals surface area (Å²) in [5.74, 6) is -0.00225. The lowest BCUT2D eigenvalue weighted by Crippen LogP contribution is -2.38. The Balaban J connectivity index is 2.10. The summed E-state index contributed by atoms with van der Waals surface area (Å²) in [6, 6.07) is 16.7. The van der Waals surface area contributed by atoms with Gasteiger partial charge in [0.05, 0.1) is 10.0 Å². The van der Waals surface area contributed by atoms with E-state index in [4.69, 9.17) is 35.4 Å². The number of aromatic nitrogens is 1. The van der Waals surface area contributed by atoms with Crippen molar-refractivity contribution in [2.24, 2.45) is 0 Å². The smallest absolute Gasteiger partial charge is 0.288 e. The summed E-state index contributed by atoms with van der Waals surface area (Å²) < 4.78 is 1.76. The number of thiocarbonyl (C=S) groups is 1. The number of nitrogens with one attached hydrogen (secondary N) is 1. The van der Waals surface area contributed by atoms with Crippen LogP contribution in [0, 0.1) is 13.8 Å². The van der Waals surface area contributed by atoms with Gasteiger partial charge in [0.15, 0.2) is 23.1 Å². The summed E-state index contributed by atoms with van der Waals surface area (Å²) in [5.41, 5.74) is 4.02. The Labute approximate surface area is 179 Å².